The summed E-state index contributed by atoms with van der Waals surface area (Å²) in [5.41, 5.74) is 1.13. The van der Waals surface area contributed by atoms with Gasteiger partial charge >= 0.3 is 0 Å². The van der Waals surface area contributed by atoms with Crippen LogP contribution in [-0.2, 0) is 11.2 Å². The quantitative estimate of drug-likeness (QED) is 0.671. The molecule has 0 atom stereocenters. The highest BCUT2D eigenvalue weighted by molar-refractivity contribution is 6.30. The maximum absolute atomic E-state index is 12.2. The number of carbonyl (C=O) groups is 1. The van der Waals surface area contributed by atoms with Gasteiger partial charge in [-0.2, -0.15) is 0 Å². The fourth-order valence-electron chi connectivity index (χ4n) is 2.34. The van der Waals surface area contributed by atoms with Crippen molar-refractivity contribution in [3.63, 3.8) is 0 Å². The van der Waals surface area contributed by atoms with Crippen LogP contribution in [0, 0.1) is 0 Å². The topological polar surface area (TPSA) is 38.8 Å². The van der Waals surface area contributed by atoms with E-state index in [1.54, 1.807) is 24.1 Å². The molecule has 0 heterocycles. The van der Waals surface area contributed by atoms with Crippen molar-refractivity contribution in [1.82, 2.24) is 4.90 Å². The zero-order chi connectivity index (χ0) is 18.1. The fourth-order valence-corrected chi connectivity index (χ4v) is 2.52. The molecule has 25 heavy (non-hydrogen) atoms. The molecule has 0 radical (unpaired) electrons. The van der Waals surface area contributed by atoms with Crippen LogP contribution >= 0.6 is 11.6 Å². The number of rotatable bonds is 9. The first kappa shape index (κ1) is 19.1. The van der Waals surface area contributed by atoms with E-state index in [2.05, 4.69) is 0 Å². The molecule has 0 aliphatic carbocycles. The highest BCUT2D eigenvalue weighted by Crippen LogP contribution is 2.17. The zero-order valence-electron chi connectivity index (χ0n) is 14.7. The molecule has 0 bridgehead atoms. The molecule has 0 fully saturated rings. The number of likely N-dealkylation sites (N-methyl/N-ethyl adjacent to an activating group) is 1. The number of amides is 1. The second-order valence-electron chi connectivity index (χ2n) is 5.70. The van der Waals surface area contributed by atoms with Gasteiger partial charge in [0.25, 0.3) is 0 Å². The zero-order valence-corrected chi connectivity index (χ0v) is 15.5. The molecular weight excluding hydrogens is 338 g/mol. The molecule has 5 heteroatoms. The normalized spacial score (nSPS) is 10.4. The Morgan fingerprint density at radius 2 is 1.84 bits per heavy atom. The Balaban J connectivity index is 1.70. The van der Waals surface area contributed by atoms with Gasteiger partial charge in [-0.25, -0.2) is 0 Å². The SMILES string of the molecule is CCOc1ccc(CCC(=O)N(C)CCOc2cccc(Cl)c2)cc1. The van der Waals surface area contributed by atoms with Gasteiger partial charge < -0.3 is 14.4 Å². The lowest BCUT2D eigenvalue weighted by Crippen LogP contribution is -2.31. The third kappa shape index (κ3) is 6.67. The predicted octanol–water partition coefficient (Wildman–Crippen LogP) is 4.21. The Kier molecular flexibility index (Phi) is 7.61. The van der Waals surface area contributed by atoms with Gasteiger partial charge in [0.2, 0.25) is 5.91 Å². The monoisotopic (exact) mass is 361 g/mol. The second kappa shape index (κ2) is 9.94. The average Bonchev–Trinajstić information content (AvgIpc) is 2.61. The lowest BCUT2D eigenvalue weighted by molar-refractivity contribution is -0.130. The Bertz CT molecular complexity index is 673. The molecular formula is C20H24ClNO3. The van der Waals surface area contributed by atoms with Crippen LogP contribution in [0.3, 0.4) is 0 Å². The summed E-state index contributed by atoms with van der Waals surface area (Å²) < 4.78 is 11.0. The molecule has 1 amide bonds. The Morgan fingerprint density at radius 1 is 1.08 bits per heavy atom. The standard InChI is InChI=1S/C20H24ClNO3/c1-3-24-18-10-7-16(8-11-18)9-12-20(23)22(2)13-14-25-19-6-4-5-17(21)15-19/h4-8,10-11,15H,3,9,12-14H2,1-2H3. The van der Waals surface area contributed by atoms with Gasteiger partial charge in [-0.15, -0.1) is 0 Å². The van der Waals surface area contributed by atoms with Gasteiger partial charge in [0.15, 0.2) is 0 Å². The van der Waals surface area contributed by atoms with Crippen LogP contribution in [-0.4, -0.2) is 37.6 Å². The van der Waals surface area contributed by atoms with Gasteiger partial charge in [-0.3, -0.25) is 4.79 Å². The number of benzene rings is 2. The molecule has 0 spiro atoms. The minimum absolute atomic E-state index is 0.101. The van der Waals surface area contributed by atoms with E-state index in [0.29, 0.717) is 43.4 Å². The molecule has 4 nitrogen and oxygen atoms in total. The van der Waals surface area contributed by atoms with Crippen molar-refractivity contribution in [2.24, 2.45) is 0 Å². The molecule has 0 aliphatic heterocycles. The summed E-state index contributed by atoms with van der Waals surface area (Å²) in [5, 5.41) is 0.636. The van der Waals surface area contributed by atoms with Crippen molar-refractivity contribution in [2.75, 3.05) is 26.8 Å². The third-order valence-corrected chi connectivity index (χ3v) is 4.01. The molecule has 2 aromatic carbocycles. The Hall–Kier alpha value is -2.20. The van der Waals surface area contributed by atoms with Crippen LogP contribution < -0.4 is 9.47 Å². The van der Waals surface area contributed by atoms with E-state index in [1.807, 2.05) is 43.3 Å². The molecule has 0 saturated carbocycles. The number of hydrogen-bond acceptors (Lipinski definition) is 3. The number of hydrogen-bond donors (Lipinski definition) is 0. The molecule has 0 aromatic heterocycles. The van der Waals surface area contributed by atoms with Crippen molar-refractivity contribution in [2.45, 2.75) is 19.8 Å². The minimum atomic E-state index is 0.101. The first-order chi connectivity index (χ1) is 12.1. The van der Waals surface area contributed by atoms with Crippen molar-refractivity contribution in [3.05, 3.63) is 59.1 Å². The first-order valence-electron chi connectivity index (χ1n) is 8.42. The van der Waals surface area contributed by atoms with E-state index >= 15 is 0 Å². The summed E-state index contributed by atoms with van der Waals surface area (Å²) >= 11 is 5.91. The fraction of sp³-hybridized carbons (Fsp3) is 0.350. The largest absolute Gasteiger partial charge is 0.494 e. The summed E-state index contributed by atoms with van der Waals surface area (Å²) in [4.78, 5) is 13.9. The number of nitrogens with zero attached hydrogens (tertiary/aromatic N) is 1. The summed E-state index contributed by atoms with van der Waals surface area (Å²) in [6.45, 7) is 3.58. The Labute approximate surface area is 154 Å². The van der Waals surface area contributed by atoms with E-state index in [0.717, 1.165) is 11.3 Å². The van der Waals surface area contributed by atoms with Gasteiger partial charge in [0, 0.05) is 18.5 Å². The van der Waals surface area contributed by atoms with Crippen LogP contribution in [0.2, 0.25) is 5.02 Å². The summed E-state index contributed by atoms with van der Waals surface area (Å²) in [7, 11) is 1.79. The van der Waals surface area contributed by atoms with Crippen LogP contribution in [0.25, 0.3) is 0 Å². The summed E-state index contributed by atoms with van der Waals surface area (Å²) in [5.74, 6) is 1.67. The van der Waals surface area contributed by atoms with E-state index in [-0.39, 0.29) is 5.91 Å². The van der Waals surface area contributed by atoms with Crippen LogP contribution in [0.1, 0.15) is 18.9 Å². The van der Waals surface area contributed by atoms with Gasteiger partial charge in [0.05, 0.1) is 13.2 Å². The average molecular weight is 362 g/mol. The van der Waals surface area contributed by atoms with Gasteiger partial charge in [-0.1, -0.05) is 29.8 Å². The second-order valence-corrected chi connectivity index (χ2v) is 6.13. The summed E-state index contributed by atoms with van der Waals surface area (Å²) in [6.07, 6.45) is 1.19. The number of aryl methyl sites for hydroxylation is 1. The van der Waals surface area contributed by atoms with E-state index in [9.17, 15) is 4.79 Å². The molecule has 2 rings (SSSR count). The molecule has 0 unspecified atom stereocenters. The van der Waals surface area contributed by atoms with Crippen molar-refractivity contribution in [3.8, 4) is 11.5 Å². The summed E-state index contributed by atoms with van der Waals surface area (Å²) in [6, 6.07) is 15.1. The van der Waals surface area contributed by atoms with Crippen molar-refractivity contribution in [1.29, 1.82) is 0 Å². The number of ether oxygens (including phenoxy) is 2. The maximum atomic E-state index is 12.2. The van der Waals surface area contributed by atoms with E-state index in [1.165, 1.54) is 0 Å². The predicted molar refractivity (Wildman–Crippen MR) is 101 cm³/mol. The third-order valence-electron chi connectivity index (χ3n) is 3.78. The van der Waals surface area contributed by atoms with Gasteiger partial charge in [0.1, 0.15) is 18.1 Å². The van der Waals surface area contributed by atoms with Crippen molar-refractivity contribution < 1.29 is 14.3 Å². The molecule has 0 N–H and O–H groups in total. The highest BCUT2D eigenvalue weighted by Gasteiger charge is 2.09. The highest BCUT2D eigenvalue weighted by atomic mass is 35.5. The minimum Gasteiger partial charge on any atom is -0.494 e. The molecule has 0 saturated heterocycles. The molecule has 134 valence electrons. The van der Waals surface area contributed by atoms with E-state index < -0.39 is 0 Å². The first-order valence-corrected chi connectivity index (χ1v) is 8.80. The van der Waals surface area contributed by atoms with Crippen molar-refractivity contribution >= 4 is 17.5 Å². The van der Waals surface area contributed by atoms with Crippen LogP contribution in [0.4, 0.5) is 0 Å². The number of halogens is 1. The molecule has 2 aromatic rings. The maximum Gasteiger partial charge on any atom is 0.222 e. The van der Waals surface area contributed by atoms with Crippen LogP contribution in [0.15, 0.2) is 48.5 Å². The van der Waals surface area contributed by atoms with E-state index in [4.69, 9.17) is 21.1 Å². The molecule has 0 aliphatic rings. The Morgan fingerprint density at radius 3 is 2.52 bits per heavy atom. The number of carbonyl (C=O) groups excluding carboxylic acids is 1. The lowest BCUT2D eigenvalue weighted by atomic mass is 10.1. The smallest absolute Gasteiger partial charge is 0.222 e. The van der Waals surface area contributed by atoms with Crippen LogP contribution in [0.5, 0.6) is 11.5 Å². The lowest BCUT2D eigenvalue weighted by Gasteiger charge is -2.17. The van der Waals surface area contributed by atoms with Gasteiger partial charge in [-0.05, 0) is 49.2 Å².